The predicted octanol–water partition coefficient (Wildman–Crippen LogP) is 2.94. The Morgan fingerprint density at radius 3 is 2.69 bits per heavy atom. The molecule has 0 bridgehead atoms. The van der Waals surface area contributed by atoms with Crippen molar-refractivity contribution >= 4 is 5.69 Å². The first-order valence-corrected chi connectivity index (χ1v) is 5.69. The normalized spacial score (nSPS) is 15.6. The second-order valence-electron chi connectivity index (χ2n) is 4.05. The Hall–Kier alpha value is -1.77. The van der Waals surface area contributed by atoms with E-state index in [-0.39, 0.29) is 0 Å². The smallest absolute Gasteiger partial charge is 0.227 e. The van der Waals surface area contributed by atoms with Crippen LogP contribution in [0.2, 0.25) is 0 Å². The minimum absolute atomic E-state index is 0.711. The van der Waals surface area contributed by atoms with Crippen LogP contribution in [0.3, 0.4) is 0 Å². The van der Waals surface area contributed by atoms with Crippen molar-refractivity contribution < 1.29 is 4.42 Å². The summed E-state index contributed by atoms with van der Waals surface area (Å²) in [4.78, 5) is 6.63. The van der Waals surface area contributed by atoms with Crippen LogP contribution in [0.15, 0.2) is 41.1 Å². The van der Waals surface area contributed by atoms with Crippen molar-refractivity contribution in [2.45, 2.75) is 12.8 Å². The third kappa shape index (κ3) is 1.58. The molecule has 1 aromatic carbocycles. The van der Waals surface area contributed by atoms with Gasteiger partial charge in [0.15, 0.2) is 0 Å². The van der Waals surface area contributed by atoms with Gasteiger partial charge in [-0.3, -0.25) is 0 Å². The highest BCUT2D eigenvalue weighted by Crippen LogP contribution is 2.31. The molecule has 3 rings (SSSR count). The number of anilines is 1. The lowest BCUT2D eigenvalue weighted by Crippen LogP contribution is -2.18. The van der Waals surface area contributed by atoms with E-state index in [4.69, 9.17) is 4.42 Å². The molecule has 1 aliphatic rings. The van der Waals surface area contributed by atoms with Gasteiger partial charge in [-0.2, -0.15) is 0 Å². The maximum absolute atomic E-state index is 5.38. The third-order valence-electron chi connectivity index (χ3n) is 3.01. The van der Waals surface area contributed by atoms with Crippen LogP contribution in [0, 0.1) is 0 Å². The summed E-state index contributed by atoms with van der Waals surface area (Å²) < 4.78 is 5.38. The van der Waals surface area contributed by atoms with Gasteiger partial charge in [-0.05, 0) is 25.0 Å². The number of aromatic nitrogens is 1. The monoisotopic (exact) mass is 214 g/mol. The molecule has 1 aliphatic heterocycles. The highest BCUT2D eigenvalue weighted by molar-refractivity contribution is 5.73. The van der Waals surface area contributed by atoms with Gasteiger partial charge in [-0.15, -0.1) is 0 Å². The molecule has 0 amide bonds. The summed E-state index contributed by atoms with van der Waals surface area (Å²) in [5.41, 5.74) is 2.33. The molecule has 0 spiro atoms. The average molecular weight is 214 g/mol. The van der Waals surface area contributed by atoms with Gasteiger partial charge in [0.2, 0.25) is 5.89 Å². The fourth-order valence-electron chi connectivity index (χ4n) is 2.24. The highest BCUT2D eigenvalue weighted by Gasteiger charge is 2.17. The second kappa shape index (κ2) is 4.00. The molecule has 0 saturated carbocycles. The number of oxazole rings is 1. The van der Waals surface area contributed by atoms with Gasteiger partial charge < -0.3 is 9.32 Å². The number of benzene rings is 1. The summed E-state index contributed by atoms with van der Waals surface area (Å²) in [5, 5.41) is 0. The first-order chi connectivity index (χ1) is 7.95. The Bertz CT molecular complexity index is 459. The van der Waals surface area contributed by atoms with E-state index < -0.39 is 0 Å². The van der Waals surface area contributed by atoms with Crippen LogP contribution >= 0.6 is 0 Å². The van der Waals surface area contributed by atoms with Crippen LogP contribution < -0.4 is 4.90 Å². The minimum Gasteiger partial charge on any atom is -0.444 e. The molecule has 0 radical (unpaired) electrons. The van der Waals surface area contributed by atoms with Crippen LogP contribution in [0.1, 0.15) is 12.8 Å². The van der Waals surface area contributed by atoms with Crippen molar-refractivity contribution in [3.63, 3.8) is 0 Å². The lowest BCUT2D eigenvalue weighted by molar-refractivity contribution is 0.574. The predicted molar refractivity (Wildman–Crippen MR) is 63.4 cm³/mol. The Kier molecular flexibility index (Phi) is 2.37. The summed E-state index contributed by atoms with van der Waals surface area (Å²) >= 11 is 0. The fourth-order valence-corrected chi connectivity index (χ4v) is 2.24. The molecule has 2 aromatic rings. The van der Waals surface area contributed by atoms with E-state index in [0.717, 1.165) is 18.7 Å². The highest BCUT2D eigenvalue weighted by atomic mass is 16.3. The minimum atomic E-state index is 0.711. The van der Waals surface area contributed by atoms with E-state index >= 15 is 0 Å². The summed E-state index contributed by atoms with van der Waals surface area (Å²) in [7, 11) is 0. The Morgan fingerprint density at radius 1 is 1.12 bits per heavy atom. The zero-order chi connectivity index (χ0) is 10.8. The number of rotatable bonds is 2. The molecule has 0 unspecified atom stereocenters. The van der Waals surface area contributed by atoms with Gasteiger partial charge in [0.25, 0.3) is 0 Å². The van der Waals surface area contributed by atoms with Crippen molar-refractivity contribution in [2.24, 2.45) is 0 Å². The molecule has 0 atom stereocenters. The van der Waals surface area contributed by atoms with Gasteiger partial charge in [0.1, 0.15) is 6.26 Å². The Labute approximate surface area is 94.7 Å². The lowest BCUT2D eigenvalue weighted by atomic mass is 10.1. The SMILES string of the molecule is c1ccc(N2CCCC2)c(-c2ncco2)c1. The molecule has 0 N–H and O–H groups in total. The van der Waals surface area contributed by atoms with Gasteiger partial charge in [-0.25, -0.2) is 4.98 Å². The number of hydrogen-bond acceptors (Lipinski definition) is 3. The van der Waals surface area contributed by atoms with Crippen molar-refractivity contribution in [3.05, 3.63) is 36.7 Å². The van der Waals surface area contributed by atoms with E-state index in [1.165, 1.54) is 18.5 Å². The van der Waals surface area contributed by atoms with Crippen molar-refractivity contribution in [2.75, 3.05) is 18.0 Å². The second-order valence-corrected chi connectivity index (χ2v) is 4.05. The Balaban J connectivity index is 2.04. The summed E-state index contributed by atoms with van der Waals surface area (Å²) in [6.07, 6.45) is 5.87. The molecule has 2 heterocycles. The van der Waals surface area contributed by atoms with Gasteiger partial charge in [0, 0.05) is 18.8 Å². The van der Waals surface area contributed by atoms with Crippen molar-refractivity contribution in [1.82, 2.24) is 4.98 Å². The van der Waals surface area contributed by atoms with Crippen molar-refractivity contribution in [1.29, 1.82) is 0 Å². The summed E-state index contributed by atoms with van der Waals surface area (Å²) in [6, 6.07) is 8.31. The topological polar surface area (TPSA) is 29.3 Å². The molecule has 82 valence electrons. The van der Waals surface area contributed by atoms with E-state index in [2.05, 4.69) is 28.1 Å². The number of hydrogen-bond donors (Lipinski definition) is 0. The van der Waals surface area contributed by atoms with Gasteiger partial charge in [0.05, 0.1) is 11.8 Å². The lowest BCUT2D eigenvalue weighted by Gasteiger charge is -2.19. The molecule has 1 fully saturated rings. The van der Waals surface area contributed by atoms with E-state index in [9.17, 15) is 0 Å². The molecule has 3 nitrogen and oxygen atoms in total. The van der Waals surface area contributed by atoms with Gasteiger partial charge in [-0.1, -0.05) is 12.1 Å². The van der Waals surface area contributed by atoms with Gasteiger partial charge >= 0.3 is 0 Å². The maximum atomic E-state index is 5.38. The molecular formula is C13H14N2O. The van der Waals surface area contributed by atoms with Crippen LogP contribution in [0.25, 0.3) is 11.5 Å². The molecular weight excluding hydrogens is 200 g/mol. The van der Waals surface area contributed by atoms with Crippen LogP contribution in [0.4, 0.5) is 5.69 Å². The van der Waals surface area contributed by atoms with E-state index in [1.54, 1.807) is 12.5 Å². The average Bonchev–Trinajstić information content (AvgIpc) is 3.03. The first kappa shape index (κ1) is 9.46. The quantitative estimate of drug-likeness (QED) is 0.769. The summed E-state index contributed by atoms with van der Waals surface area (Å²) in [6.45, 7) is 2.27. The zero-order valence-corrected chi connectivity index (χ0v) is 9.10. The largest absolute Gasteiger partial charge is 0.444 e. The number of para-hydroxylation sites is 1. The van der Waals surface area contributed by atoms with Crippen molar-refractivity contribution in [3.8, 4) is 11.5 Å². The standard InChI is InChI=1S/C13H14N2O/c1-2-6-12(15-8-3-4-9-15)11(5-1)13-14-7-10-16-13/h1-2,5-7,10H,3-4,8-9H2. The van der Waals surface area contributed by atoms with E-state index in [1.807, 2.05) is 6.07 Å². The fraction of sp³-hybridized carbons (Fsp3) is 0.308. The Morgan fingerprint density at radius 2 is 1.94 bits per heavy atom. The van der Waals surface area contributed by atoms with Crippen LogP contribution in [-0.4, -0.2) is 18.1 Å². The molecule has 3 heteroatoms. The maximum Gasteiger partial charge on any atom is 0.227 e. The molecule has 0 aliphatic carbocycles. The summed E-state index contributed by atoms with van der Waals surface area (Å²) in [5.74, 6) is 0.711. The molecule has 16 heavy (non-hydrogen) atoms. The molecule has 1 aromatic heterocycles. The zero-order valence-electron chi connectivity index (χ0n) is 9.10. The van der Waals surface area contributed by atoms with E-state index in [0.29, 0.717) is 5.89 Å². The van der Waals surface area contributed by atoms with Crippen LogP contribution in [-0.2, 0) is 0 Å². The third-order valence-corrected chi connectivity index (χ3v) is 3.01. The van der Waals surface area contributed by atoms with Crippen LogP contribution in [0.5, 0.6) is 0 Å². The molecule has 1 saturated heterocycles. The number of nitrogens with zero attached hydrogens (tertiary/aromatic N) is 2. The first-order valence-electron chi connectivity index (χ1n) is 5.69.